The normalized spacial score (nSPS) is 50.7. The first-order valence-electron chi connectivity index (χ1n) is 10.7. The summed E-state index contributed by atoms with van der Waals surface area (Å²) in [5, 5.41) is 10.2. The maximum absolute atomic E-state index is 12.6. The lowest BCUT2D eigenvalue weighted by Gasteiger charge is -2.57. The molecule has 0 radical (unpaired) electrons. The molecule has 0 amide bonds. The maximum Gasteiger partial charge on any atom is 0.135 e. The van der Waals surface area contributed by atoms with Crippen LogP contribution >= 0.6 is 0 Å². The van der Waals surface area contributed by atoms with Crippen LogP contribution in [0.5, 0.6) is 0 Å². The average molecular weight is 360 g/mol. The van der Waals surface area contributed by atoms with Crippen molar-refractivity contribution >= 4 is 5.78 Å². The number of fused-ring (bicyclic) bond motifs is 5. The molecule has 0 bridgehead atoms. The molecule has 0 saturated heterocycles. The van der Waals surface area contributed by atoms with Crippen LogP contribution in [0.3, 0.4) is 0 Å². The van der Waals surface area contributed by atoms with Gasteiger partial charge in [-0.2, -0.15) is 0 Å². The number of allylic oxidation sites excluding steroid dienone is 1. The number of carbonyl (C=O) groups excluding carboxylic acids is 1. The summed E-state index contributed by atoms with van der Waals surface area (Å²) in [4.78, 5) is 15.0. The minimum atomic E-state index is -0.133. The Kier molecular flexibility index (Phi) is 4.43. The van der Waals surface area contributed by atoms with Gasteiger partial charge in [0.1, 0.15) is 5.78 Å². The van der Waals surface area contributed by atoms with E-state index in [-0.39, 0.29) is 22.9 Å². The maximum atomic E-state index is 12.6. The number of aliphatic hydroxyl groups is 1. The highest BCUT2D eigenvalue weighted by atomic mass is 16.3. The van der Waals surface area contributed by atoms with Gasteiger partial charge >= 0.3 is 0 Å². The first kappa shape index (κ1) is 18.7. The van der Waals surface area contributed by atoms with E-state index in [1.54, 1.807) is 0 Å². The largest absolute Gasteiger partial charge is 0.393 e. The summed E-state index contributed by atoms with van der Waals surface area (Å²) in [5.41, 5.74) is 1.98. The Labute approximate surface area is 159 Å². The van der Waals surface area contributed by atoms with Crippen LogP contribution in [-0.4, -0.2) is 42.0 Å². The Bertz CT molecular complexity index is 626. The van der Waals surface area contributed by atoms with Gasteiger partial charge in [-0.1, -0.05) is 25.5 Å². The molecule has 8 atom stereocenters. The number of nitrogens with zero attached hydrogens (tertiary/aromatic N) is 1. The van der Waals surface area contributed by atoms with Crippen molar-refractivity contribution in [2.24, 2.45) is 34.5 Å². The number of carbonyl (C=O) groups is 1. The first-order chi connectivity index (χ1) is 12.2. The summed E-state index contributed by atoms with van der Waals surface area (Å²) >= 11 is 0. The van der Waals surface area contributed by atoms with Gasteiger partial charge < -0.3 is 10.0 Å². The highest BCUT2D eigenvalue weighted by Crippen LogP contribution is 2.66. The van der Waals surface area contributed by atoms with E-state index in [0.29, 0.717) is 23.7 Å². The van der Waals surface area contributed by atoms with Crippen LogP contribution in [0, 0.1) is 34.5 Å². The molecular weight excluding hydrogens is 322 g/mol. The van der Waals surface area contributed by atoms with Gasteiger partial charge in [0.05, 0.1) is 6.10 Å². The van der Waals surface area contributed by atoms with Crippen molar-refractivity contribution < 1.29 is 9.90 Å². The summed E-state index contributed by atoms with van der Waals surface area (Å²) in [5.74, 6) is 2.69. The predicted molar refractivity (Wildman–Crippen MR) is 105 cm³/mol. The van der Waals surface area contributed by atoms with Gasteiger partial charge in [-0.05, 0) is 94.5 Å². The minimum absolute atomic E-state index is 0.133. The van der Waals surface area contributed by atoms with Crippen LogP contribution in [0.15, 0.2) is 11.6 Å². The van der Waals surface area contributed by atoms with Crippen molar-refractivity contribution in [3.8, 4) is 0 Å². The number of aliphatic hydroxyl groups excluding tert-OH is 1. The SMILES string of the molecule is CC(=O)[C@@H]1[C@H](N(C)C)C[C@@H]2[C@@H]3CC=C4C[C@H](O)CC[C@]4(C)[C@H]3CC[C@@]21C. The average Bonchev–Trinajstić information content (AvgIpc) is 2.89. The summed E-state index contributed by atoms with van der Waals surface area (Å²) in [6, 6.07) is 0.396. The lowest BCUT2D eigenvalue weighted by atomic mass is 9.47. The van der Waals surface area contributed by atoms with Crippen LogP contribution in [0.1, 0.15) is 65.7 Å². The van der Waals surface area contributed by atoms with Gasteiger partial charge in [-0.15, -0.1) is 0 Å². The fourth-order valence-corrected chi connectivity index (χ4v) is 7.90. The van der Waals surface area contributed by atoms with Crippen molar-refractivity contribution in [3.63, 3.8) is 0 Å². The monoisotopic (exact) mass is 359 g/mol. The van der Waals surface area contributed by atoms with Crippen LogP contribution in [0.4, 0.5) is 0 Å². The number of hydrogen-bond donors (Lipinski definition) is 1. The Morgan fingerprint density at radius 1 is 1.19 bits per heavy atom. The van der Waals surface area contributed by atoms with Crippen LogP contribution in [0.25, 0.3) is 0 Å². The molecule has 3 saturated carbocycles. The third kappa shape index (κ3) is 2.49. The van der Waals surface area contributed by atoms with Crippen molar-refractivity contribution in [2.45, 2.75) is 77.9 Å². The van der Waals surface area contributed by atoms with E-state index in [0.717, 1.165) is 31.6 Å². The van der Waals surface area contributed by atoms with Gasteiger partial charge in [0.25, 0.3) is 0 Å². The van der Waals surface area contributed by atoms with Crippen LogP contribution < -0.4 is 0 Å². The molecule has 1 N–H and O–H groups in total. The Balaban J connectivity index is 1.69. The highest BCUT2D eigenvalue weighted by molar-refractivity contribution is 5.80. The fourth-order valence-electron chi connectivity index (χ4n) is 7.90. The zero-order valence-corrected chi connectivity index (χ0v) is 17.3. The second kappa shape index (κ2) is 6.17. The number of ketones is 1. The number of Topliss-reactive ketones (excluding diaryl/α,β-unsaturated/α-hetero) is 1. The summed E-state index contributed by atoms with van der Waals surface area (Å²) in [6.07, 6.45) is 10.1. The molecule has 4 aliphatic rings. The minimum Gasteiger partial charge on any atom is -0.393 e. The molecular formula is C23H37NO2. The van der Waals surface area contributed by atoms with E-state index in [9.17, 15) is 9.90 Å². The van der Waals surface area contributed by atoms with Gasteiger partial charge in [-0.3, -0.25) is 4.79 Å². The van der Waals surface area contributed by atoms with E-state index in [4.69, 9.17) is 0 Å². The molecule has 4 aliphatic carbocycles. The van der Waals surface area contributed by atoms with Crippen molar-refractivity contribution in [1.29, 1.82) is 0 Å². The van der Waals surface area contributed by atoms with Crippen molar-refractivity contribution in [2.75, 3.05) is 14.1 Å². The van der Waals surface area contributed by atoms with Gasteiger partial charge in [0.15, 0.2) is 0 Å². The fraction of sp³-hybridized carbons (Fsp3) is 0.870. The molecule has 26 heavy (non-hydrogen) atoms. The lowest BCUT2D eigenvalue weighted by Crippen LogP contribution is -2.51. The topological polar surface area (TPSA) is 40.5 Å². The quantitative estimate of drug-likeness (QED) is 0.756. The Hall–Kier alpha value is -0.670. The van der Waals surface area contributed by atoms with Crippen LogP contribution in [0.2, 0.25) is 0 Å². The Morgan fingerprint density at radius 3 is 2.58 bits per heavy atom. The number of hydrogen-bond acceptors (Lipinski definition) is 3. The summed E-state index contributed by atoms with van der Waals surface area (Å²) in [6.45, 7) is 6.73. The molecule has 0 heterocycles. The van der Waals surface area contributed by atoms with E-state index in [1.807, 2.05) is 6.92 Å². The first-order valence-corrected chi connectivity index (χ1v) is 10.7. The number of rotatable bonds is 2. The molecule has 0 unspecified atom stereocenters. The smallest absolute Gasteiger partial charge is 0.135 e. The predicted octanol–water partition coefficient (Wildman–Crippen LogP) is 4.06. The summed E-state index contributed by atoms with van der Waals surface area (Å²) < 4.78 is 0. The molecule has 4 rings (SSSR count). The van der Waals surface area contributed by atoms with Crippen molar-refractivity contribution in [3.05, 3.63) is 11.6 Å². The zero-order chi connectivity index (χ0) is 18.9. The van der Waals surface area contributed by atoms with E-state index in [1.165, 1.54) is 24.8 Å². The molecule has 0 aliphatic heterocycles. The lowest BCUT2D eigenvalue weighted by molar-refractivity contribution is -0.129. The second-order valence-electron chi connectivity index (χ2n) is 10.6. The van der Waals surface area contributed by atoms with Crippen molar-refractivity contribution in [1.82, 2.24) is 4.90 Å². The standard InChI is InChI=1S/C23H37NO2/c1-14(25)21-20(24(4)5)13-19-17-7-6-15-12-16(26)8-10-22(15,2)18(17)9-11-23(19,21)3/h6,16-21,26H,7-13H2,1-5H3/t16-,17-,18+,19-,20-,21-,22+,23+/m1/s1. The third-order valence-corrected chi connectivity index (χ3v) is 9.21. The third-order valence-electron chi connectivity index (χ3n) is 9.21. The van der Waals surface area contributed by atoms with Gasteiger partial charge in [0.2, 0.25) is 0 Å². The van der Waals surface area contributed by atoms with Gasteiger partial charge in [-0.25, -0.2) is 0 Å². The molecule has 0 aromatic rings. The van der Waals surface area contributed by atoms with E-state index >= 15 is 0 Å². The molecule has 0 aromatic carbocycles. The molecule has 0 aromatic heterocycles. The molecule has 146 valence electrons. The van der Waals surface area contributed by atoms with Crippen LogP contribution in [-0.2, 0) is 4.79 Å². The van der Waals surface area contributed by atoms with Gasteiger partial charge in [0, 0.05) is 12.0 Å². The zero-order valence-electron chi connectivity index (χ0n) is 17.3. The molecule has 3 fully saturated rings. The summed E-state index contributed by atoms with van der Waals surface area (Å²) in [7, 11) is 4.31. The Morgan fingerprint density at radius 2 is 1.92 bits per heavy atom. The molecule has 3 heteroatoms. The molecule has 3 nitrogen and oxygen atoms in total. The molecule has 0 spiro atoms. The van der Waals surface area contributed by atoms with E-state index < -0.39 is 0 Å². The highest BCUT2D eigenvalue weighted by Gasteiger charge is 2.62. The second-order valence-corrected chi connectivity index (χ2v) is 10.6. The van der Waals surface area contributed by atoms with E-state index in [2.05, 4.69) is 38.9 Å².